The molecule has 1 aliphatic carbocycles. The van der Waals surface area contributed by atoms with Crippen LogP contribution in [0.25, 0.3) is 0 Å². The monoisotopic (exact) mass is 931 g/mol. The number of aliphatic hydroxyl groups excluding tert-OH is 5. The van der Waals surface area contributed by atoms with Gasteiger partial charge in [0.05, 0.1) is 6.61 Å². The van der Waals surface area contributed by atoms with Gasteiger partial charge in [-0.05, 0) is 57.8 Å². The molecule has 0 amide bonds. The van der Waals surface area contributed by atoms with Crippen molar-refractivity contribution in [2.45, 2.75) is 256 Å². The molecule has 0 aromatic rings. The lowest BCUT2D eigenvalue weighted by Crippen LogP contribution is -2.64. The Kier molecular flexibility index (Phi) is 37.7. The van der Waals surface area contributed by atoms with Crippen LogP contribution in [0.4, 0.5) is 0 Å². The molecule has 0 bridgehead atoms. The van der Waals surface area contributed by atoms with E-state index in [1.807, 2.05) is 12.2 Å². The van der Waals surface area contributed by atoms with Crippen LogP contribution in [-0.2, 0) is 32.7 Å². The maximum Gasteiger partial charge on any atom is 0.472 e. The molecular weight excluding hydrogens is 840 g/mol. The van der Waals surface area contributed by atoms with Gasteiger partial charge in [-0.1, -0.05) is 179 Å². The van der Waals surface area contributed by atoms with E-state index < -0.39 is 75.7 Å². The highest BCUT2D eigenvalue weighted by molar-refractivity contribution is 7.47. The van der Waals surface area contributed by atoms with Crippen LogP contribution in [0.5, 0.6) is 0 Å². The number of allylic oxidation sites excluding steroid dienone is 6. The molecule has 7 unspecified atom stereocenters. The Bertz CT molecular complexity index is 1260. The summed E-state index contributed by atoms with van der Waals surface area (Å²) < 4.78 is 33.5. The van der Waals surface area contributed by atoms with Crippen LogP contribution < -0.4 is 0 Å². The summed E-state index contributed by atoms with van der Waals surface area (Å²) in [5.74, 6) is -1.18. The molecule has 0 radical (unpaired) electrons. The molecule has 1 aliphatic rings. The quantitative estimate of drug-likeness (QED) is 0.0146. The van der Waals surface area contributed by atoms with Crippen LogP contribution in [-0.4, -0.2) is 98.3 Å². The van der Waals surface area contributed by atoms with Gasteiger partial charge in [0.1, 0.15) is 43.2 Å². The van der Waals surface area contributed by atoms with E-state index in [1.165, 1.54) is 128 Å². The summed E-state index contributed by atoms with van der Waals surface area (Å²) in [6, 6.07) is 0. The fraction of sp³-hybridized carbons (Fsp3) is 0.840. The maximum absolute atomic E-state index is 12.8. The number of rotatable bonds is 42. The van der Waals surface area contributed by atoms with Gasteiger partial charge in [0.2, 0.25) is 0 Å². The topological polar surface area (TPSA) is 210 Å². The van der Waals surface area contributed by atoms with Crippen LogP contribution in [0.1, 0.15) is 213 Å². The molecule has 8 atom stereocenters. The molecule has 1 rings (SSSR count). The van der Waals surface area contributed by atoms with Gasteiger partial charge in [0.25, 0.3) is 0 Å². The zero-order chi connectivity index (χ0) is 47.1. The number of hydrogen-bond acceptors (Lipinski definition) is 12. The lowest BCUT2D eigenvalue weighted by Gasteiger charge is -2.41. The lowest BCUT2D eigenvalue weighted by molar-refractivity contribution is -0.220. The highest BCUT2D eigenvalue weighted by Gasteiger charge is 2.51. The third-order valence-electron chi connectivity index (χ3n) is 11.7. The number of carbonyl (C=O) groups excluding carboxylic acids is 2. The molecule has 6 N–H and O–H groups in total. The molecule has 14 heteroatoms. The summed E-state index contributed by atoms with van der Waals surface area (Å²) in [6.07, 6.45) is 33.7. The van der Waals surface area contributed by atoms with Gasteiger partial charge >= 0.3 is 19.8 Å². The minimum absolute atomic E-state index is 0.00948. The second-order valence-corrected chi connectivity index (χ2v) is 19.1. The Morgan fingerprint density at radius 3 is 1.34 bits per heavy atom. The highest BCUT2D eigenvalue weighted by Crippen LogP contribution is 2.47. The number of phosphoric ester groups is 1. The Balaban J connectivity index is 2.39. The average molecular weight is 931 g/mol. The SMILES string of the molecule is CCCCCCCC/C=C/C/C=C/CCC(=O)OC(COC(=O)CCCCCCCCC/C=C/CCCCCCCCCCCCC)COP(=O)(O)OC1C(O)C(O)C(O)[C@H](O)C1O. The van der Waals surface area contributed by atoms with Crippen molar-refractivity contribution in [2.24, 2.45) is 0 Å². The molecule has 13 nitrogen and oxygen atoms in total. The second kappa shape index (κ2) is 40.2. The number of esters is 2. The van der Waals surface area contributed by atoms with Crippen LogP contribution >= 0.6 is 7.82 Å². The first-order chi connectivity index (χ1) is 30.9. The third-order valence-corrected chi connectivity index (χ3v) is 12.7. The van der Waals surface area contributed by atoms with Gasteiger partial charge in [0, 0.05) is 12.8 Å². The van der Waals surface area contributed by atoms with Crippen LogP contribution in [0.2, 0.25) is 0 Å². The fourth-order valence-corrected chi connectivity index (χ4v) is 8.60. The Morgan fingerprint density at radius 1 is 0.484 bits per heavy atom. The Morgan fingerprint density at radius 2 is 0.875 bits per heavy atom. The second-order valence-electron chi connectivity index (χ2n) is 17.7. The molecule has 1 fully saturated rings. The highest BCUT2D eigenvalue weighted by atomic mass is 31.2. The van der Waals surface area contributed by atoms with E-state index >= 15 is 0 Å². The molecule has 374 valence electrons. The summed E-state index contributed by atoms with van der Waals surface area (Å²) in [4.78, 5) is 35.7. The van der Waals surface area contributed by atoms with Crippen molar-refractivity contribution in [1.82, 2.24) is 0 Å². The predicted octanol–water partition coefficient (Wildman–Crippen LogP) is 10.6. The minimum atomic E-state index is -5.13. The van der Waals surface area contributed by atoms with E-state index in [2.05, 4.69) is 38.2 Å². The first-order valence-corrected chi connectivity index (χ1v) is 26.8. The van der Waals surface area contributed by atoms with Crippen LogP contribution in [0, 0.1) is 0 Å². The first-order valence-electron chi connectivity index (χ1n) is 25.3. The molecular formula is C50H91O13P. The molecule has 0 spiro atoms. The van der Waals surface area contributed by atoms with Crippen molar-refractivity contribution in [3.05, 3.63) is 36.5 Å². The number of phosphoric acid groups is 1. The minimum Gasteiger partial charge on any atom is -0.462 e. The number of unbranched alkanes of at least 4 members (excludes halogenated alkanes) is 24. The molecule has 64 heavy (non-hydrogen) atoms. The fourth-order valence-electron chi connectivity index (χ4n) is 7.63. The molecule has 0 aromatic heterocycles. The standard InChI is InChI=1S/C50H91O13P/c1-3-5-7-9-11-13-15-17-18-19-20-21-22-23-24-25-27-28-30-32-34-36-38-43(51)60-40-42(41-61-64(58,59)63-50-48(56)46(54)45(53)47(55)49(50)57)62-44(52)39-37-35-33-31-29-26-16-14-12-10-8-6-4-2/h22-23,26,29,33,35,42,45-50,53-57H,3-21,24-25,27-28,30-32,34,36-41H2,1-2H3,(H,58,59)/b23-22+,29-26+,35-33+/t42?,45?,46-,47?,48?,49?,50?/m0/s1. The summed E-state index contributed by atoms with van der Waals surface area (Å²) in [6.45, 7) is 3.25. The van der Waals surface area contributed by atoms with E-state index in [4.69, 9.17) is 18.5 Å². The van der Waals surface area contributed by atoms with Crippen molar-refractivity contribution in [3.8, 4) is 0 Å². The van der Waals surface area contributed by atoms with E-state index in [1.54, 1.807) is 0 Å². The maximum atomic E-state index is 12.8. The summed E-state index contributed by atoms with van der Waals surface area (Å²) in [5, 5.41) is 50.2. The predicted molar refractivity (Wildman–Crippen MR) is 253 cm³/mol. The van der Waals surface area contributed by atoms with Gasteiger partial charge in [-0.15, -0.1) is 0 Å². The largest absolute Gasteiger partial charge is 0.472 e. The number of aliphatic hydroxyl groups is 5. The van der Waals surface area contributed by atoms with Gasteiger partial charge < -0.3 is 39.9 Å². The van der Waals surface area contributed by atoms with Crippen LogP contribution in [0.15, 0.2) is 36.5 Å². The lowest BCUT2D eigenvalue weighted by atomic mass is 9.85. The number of ether oxygens (including phenoxy) is 2. The van der Waals surface area contributed by atoms with E-state index in [0.717, 1.165) is 44.9 Å². The third kappa shape index (κ3) is 31.9. The van der Waals surface area contributed by atoms with Crippen LogP contribution in [0.3, 0.4) is 0 Å². The van der Waals surface area contributed by atoms with Crippen molar-refractivity contribution in [1.29, 1.82) is 0 Å². The summed E-state index contributed by atoms with van der Waals surface area (Å²) in [7, 11) is -5.13. The molecule has 0 aliphatic heterocycles. The number of carbonyl (C=O) groups is 2. The van der Waals surface area contributed by atoms with E-state index in [9.17, 15) is 44.6 Å². The van der Waals surface area contributed by atoms with Gasteiger partial charge in [0.15, 0.2) is 6.10 Å². The number of hydrogen-bond donors (Lipinski definition) is 6. The Labute approximate surface area is 387 Å². The summed E-state index contributed by atoms with van der Waals surface area (Å²) in [5.41, 5.74) is 0. The van der Waals surface area contributed by atoms with Crippen molar-refractivity contribution >= 4 is 19.8 Å². The average Bonchev–Trinajstić information content (AvgIpc) is 3.28. The molecule has 1 saturated carbocycles. The van der Waals surface area contributed by atoms with Crippen molar-refractivity contribution in [2.75, 3.05) is 13.2 Å². The zero-order valence-electron chi connectivity index (χ0n) is 39.8. The zero-order valence-corrected chi connectivity index (χ0v) is 40.7. The van der Waals surface area contributed by atoms with Crippen molar-refractivity contribution < 1.29 is 63.1 Å². The molecule has 0 heterocycles. The van der Waals surface area contributed by atoms with Gasteiger partial charge in [-0.25, -0.2) is 4.57 Å². The Hall–Kier alpha value is -1.93. The smallest absolute Gasteiger partial charge is 0.462 e. The van der Waals surface area contributed by atoms with Crippen molar-refractivity contribution in [3.63, 3.8) is 0 Å². The first kappa shape index (κ1) is 60.1. The molecule has 0 saturated heterocycles. The summed E-state index contributed by atoms with van der Waals surface area (Å²) >= 11 is 0. The normalized spacial score (nSPS) is 21.8. The van der Waals surface area contributed by atoms with E-state index in [0.29, 0.717) is 12.8 Å². The van der Waals surface area contributed by atoms with E-state index in [-0.39, 0.29) is 12.8 Å². The van der Waals surface area contributed by atoms with Gasteiger partial charge in [-0.2, -0.15) is 0 Å². The van der Waals surface area contributed by atoms with Gasteiger partial charge in [-0.3, -0.25) is 18.6 Å². The molecule has 0 aromatic carbocycles.